The molecule has 0 fully saturated rings. The van der Waals surface area contributed by atoms with Gasteiger partial charge in [0.15, 0.2) is 6.61 Å². The summed E-state index contributed by atoms with van der Waals surface area (Å²) in [7, 11) is 0. The Bertz CT molecular complexity index is 986. The van der Waals surface area contributed by atoms with E-state index < -0.39 is 5.97 Å². The number of halogens is 2. The topological polar surface area (TPSA) is 68.7 Å². The first-order valence-corrected chi connectivity index (χ1v) is 9.73. The van der Waals surface area contributed by atoms with Crippen LogP contribution in [0.3, 0.4) is 0 Å². The second kappa shape index (κ2) is 9.63. The van der Waals surface area contributed by atoms with Gasteiger partial charge in [-0.3, -0.25) is 4.98 Å². The van der Waals surface area contributed by atoms with Crippen LogP contribution in [0.1, 0.15) is 18.1 Å². The van der Waals surface area contributed by atoms with Gasteiger partial charge in [-0.15, -0.1) is 0 Å². The second-order valence-electron chi connectivity index (χ2n) is 6.20. The number of carbonyl (C=O) groups excluding carboxylic acids is 1. The van der Waals surface area contributed by atoms with Gasteiger partial charge in [0.2, 0.25) is 0 Å². The fourth-order valence-corrected chi connectivity index (χ4v) is 3.40. The number of hydrogen-bond acceptors (Lipinski definition) is 5. The SMILES string of the molecule is CCOC(=O)COc1cc(Cl)c(Cc2ccc(O)c(-c3ccccn3)c2)c(Cl)c1. The van der Waals surface area contributed by atoms with E-state index >= 15 is 0 Å². The Morgan fingerprint density at radius 1 is 1.10 bits per heavy atom. The molecule has 0 spiro atoms. The summed E-state index contributed by atoms with van der Waals surface area (Å²) in [6, 6.07) is 14.0. The summed E-state index contributed by atoms with van der Waals surface area (Å²) in [4.78, 5) is 15.7. The average Bonchev–Trinajstić information content (AvgIpc) is 2.71. The van der Waals surface area contributed by atoms with Gasteiger partial charge in [-0.1, -0.05) is 35.3 Å². The fraction of sp³-hybridized carbons (Fsp3) is 0.182. The summed E-state index contributed by atoms with van der Waals surface area (Å²) in [5.41, 5.74) is 2.93. The highest BCUT2D eigenvalue weighted by Crippen LogP contribution is 2.34. The molecule has 0 radical (unpaired) electrons. The maximum absolute atomic E-state index is 11.4. The first-order chi connectivity index (χ1) is 14.0. The number of nitrogens with zero attached hydrogens (tertiary/aromatic N) is 1. The Hall–Kier alpha value is -2.76. The third kappa shape index (κ3) is 5.40. The van der Waals surface area contributed by atoms with Crippen molar-refractivity contribution < 1.29 is 19.4 Å². The standard InChI is InChI=1S/C22H19Cl2NO4/c1-2-28-22(27)13-29-15-11-18(23)16(19(24)12-15)9-14-6-7-21(26)17(10-14)20-5-3-4-8-25-20/h3-8,10-12,26H,2,9,13H2,1H3. The summed E-state index contributed by atoms with van der Waals surface area (Å²) in [5.74, 6) is 0.0685. The Labute approximate surface area is 178 Å². The maximum atomic E-state index is 11.4. The molecule has 0 amide bonds. The summed E-state index contributed by atoms with van der Waals surface area (Å²) in [5, 5.41) is 11.0. The van der Waals surface area contributed by atoms with Gasteiger partial charge in [-0.05, 0) is 54.4 Å². The van der Waals surface area contributed by atoms with Crippen molar-refractivity contribution in [3.05, 3.63) is 75.9 Å². The summed E-state index contributed by atoms with van der Waals surface area (Å²) in [6.45, 7) is 1.80. The summed E-state index contributed by atoms with van der Waals surface area (Å²) in [6.07, 6.45) is 2.13. The zero-order valence-corrected chi connectivity index (χ0v) is 17.2. The highest BCUT2D eigenvalue weighted by atomic mass is 35.5. The molecule has 1 aromatic heterocycles. The van der Waals surface area contributed by atoms with Crippen molar-refractivity contribution in [1.29, 1.82) is 0 Å². The third-order valence-corrected chi connectivity index (χ3v) is 4.83. The van der Waals surface area contributed by atoms with Gasteiger partial charge in [-0.25, -0.2) is 4.79 Å². The average molecular weight is 432 g/mol. The minimum atomic E-state index is -0.463. The molecule has 1 heterocycles. The van der Waals surface area contributed by atoms with E-state index in [-0.39, 0.29) is 19.0 Å². The molecule has 0 unspecified atom stereocenters. The van der Waals surface area contributed by atoms with Crippen LogP contribution in [0.25, 0.3) is 11.3 Å². The number of phenolic OH excluding ortho intramolecular Hbond substituents is 1. The molecule has 0 atom stereocenters. The molecule has 2 aromatic carbocycles. The van der Waals surface area contributed by atoms with E-state index in [2.05, 4.69) is 4.98 Å². The maximum Gasteiger partial charge on any atom is 0.344 e. The lowest BCUT2D eigenvalue weighted by Gasteiger charge is -2.12. The van der Waals surface area contributed by atoms with E-state index in [0.29, 0.717) is 33.5 Å². The predicted octanol–water partition coefficient (Wildman–Crippen LogP) is 5.29. The number of carbonyl (C=O) groups is 1. The predicted molar refractivity (Wildman–Crippen MR) is 113 cm³/mol. The van der Waals surface area contributed by atoms with Crippen LogP contribution in [0.4, 0.5) is 0 Å². The van der Waals surface area contributed by atoms with Gasteiger partial charge in [0.05, 0.1) is 12.3 Å². The summed E-state index contributed by atoms with van der Waals surface area (Å²) >= 11 is 12.8. The molecule has 0 bridgehead atoms. The molecule has 5 nitrogen and oxygen atoms in total. The van der Waals surface area contributed by atoms with Gasteiger partial charge in [0.25, 0.3) is 0 Å². The van der Waals surface area contributed by atoms with E-state index in [9.17, 15) is 9.90 Å². The van der Waals surface area contributed by atoms with Crippen LogP contribution in [0.2, 0.25) is 10.0 Å². The number of esters is 1. The molecule has 0 saturated carbocycles. The highest BCUT2D eigenvalue weighted by molar-refractivity contribution is 6.36. The first kappa shape index (κ1) is 21.0. The number of aromatic hydroxyl groups is 1. The molecular weight excluding hydrogens is 413 g/mol. The molecule has 3 rings (SSSR count). The molecule has 0 aliphatic heterocycles. The first-order valence-electron chi connectivity index (χ1n) is 8.97. The van der Waals surface area contributed by atoms with Crippen LogP contribution in [-0.4, -0.2) is 29.3 Å². The number of aromatic nitrogens is 1. The minimum absolute atomic E-state index is 0.146. The highest BCUT2D eigenvalue weighted by Gasteiger charge is 2.13. The Morgan fingerprint density at radius 3 is 2.52 bits per heavy atom. The van der Waals surface area contributed by atoms with Crippen molar-refractivity contribution in [2.24, 2.45) is 0 Å². The van der Waals surface area contributed by atoms with E-state index in [1.54, 1.807) is 37.4 Å². The Kier molecular flexibility index (Phi) is 6.96. The number of hydrogen-bond donors (Lipinski definition) is 1. The zero-order valence-electron chi connectivity index (χ0n) is 15.7. The quantitative estimate of drug-likeness (QED) is 0.514. The molecule has 0 aliphatic rings. The number of rotatable bonds is 7. The van der Waals surface area contributed by atoms with Crippen LogP contribution >= 0.6 is 23.2 Å². The minimum Gasteiger partial charge on any atom is -0.507 e. The molecule has 29 heavy (non-hydrogen) atoms. The van der Waals surface area contributed by atoms with Crippen molar-refractivity contribution in [2.75, 3.05) is 13.2 Å². The van der Waals surface area contributed by atoms with Crippen LogP contribution in [0, 0.1) is 0 Å². The number of ether oxygens (including phenoxy) is 2. The largest absolute Gasteiger partial charge is 0.507 e. The Balaban J connectivity index is 1.81. The molecule has 0 saturated heterocycles. The Morgan fingerprint density at radius 2 is 1.86 bits per heavy atom. The van der Waals surface area contributed by atoms with Gasteiger partial charge in [0, 0.05) is 28.2 Å². The third-order valence-electron chi connectivity index (χ3n) is 4.16. The molecule has 3 aromatic rings. The van der Waals surface area contributed by atoms with Crippen LogP contribution < -0.4 is 4.74 Å². The molecule has 150 valence electrons. The lowest BCUT2D eigenvalue weighted by Crippen LogP contribution is -2.14. The smallest absolute Gasteiger partial charge is 0.344 e. The van der Waals surface area contributed by atoms with Crippen molar-refractivity contribution in [3.8, 4) is 22.8 Å². The molecule has 1 N–H and O–H groups in total. The van der Waals surface area contributed by atoms with Crippen molar-refractivity contribution in [3.63, 3.8) is 0 Å². The van der Waals surface area contributed by atoms with Crippen molar-refractivity contribution in [2.45, 2.75) is 13.3 Å². The number of phenols is 1. The molecular formula is C22H19Cl2NO4. The van der Waals surface area contributed by atoms with Gasteiger partial charge >= 0.3 is 5.97 Å². The molecule has 0 aliphatic carbocycles. The van der Waals surface area contributed by atoms with Crippen LogP contribution in [0.5, 0.6) is 11.5 Å². The van der Waals surface area contributed by atoms with Crippen molar-refractivity contribution >= 4 is 29.2 Å². The van der Waals surface area contributed by atoms with Crippen LogP contribution in [-0.2, 0) is 16.0 Å². The van der Waals surface area contributed by atoms with Gasteiger partial charge in [0.1, 0.15) is 11.5 Å². The summed E-state index contributed by atoms with van der Waals surface area (Å²) < 4.78 is 10.2. The van der Waals surface area contributed by atoms with E-state index in [1.807, 2.05) is 24.3 Å². The number of benzene rings is 2. The lowest BCUT2D eigenvalue weighted by molar-refractivity contribution is -0.145. The normalized spacial score (nSPS) is 10.6. The van der Waals surface area contributed by atoms with Crippen LogP contribution in [0.15, 0.2) is 54.7 Å². The van der Waals surface area contributed by atoms with E-state index in [0.717, 1.165) is 11.1 Å². The monoisotopic (exact) mass is 431 g/mol. The van der Waals surface area contributed by atoms with E-state index in [4.69, 9.17) is 32.7 Å². The second-order valence-corrected chi connectivity index (χ2v) is 7.02. The fourth-order valence-electron chi connectivity index (χ4n) is 2.80. The van der Waals surface area contributed by atoms with E-state index in [1.165, 1.54) is 0 Å². The number of pyridine rings is 1. The van der Waals surface area contributed by atoms with Crippen molar-refractivity contribution in [1.82, 2.24) is 4.98 Å². The lowest BCUT2D eigenvalue weighted by atomic mass is 10.0. The zero-order chi connectivity index (χ0) is 20.8. The van der Waals surface area contributed by atoms with Gasteiger partial charge < -0.3 is 14.6 Å². The molecule has 7 heteroatoms. The van der Waals surface area contributed by atoms with Gasteiger partial charge in [-0.2, -0.15) is 0 Å².